The molecule has 0 saturated carbocycles. The highest BCUT2D eigenvalue weighted by molar-refractivity contribution is 7.03. The summed E-state index contributed by atoms with van der Waals surface area (Å²) in [4.78, 5) is 10.6. The number of rotatable bonds is 2. The maximum absolute atomic E-state index is 10.6. The van der Waals surface area contributed by atoms with Gasteiger partial charge in [-0.05, 0) is 11.5 Å². The predicted octanol–water partition coefficient (Wildman–Crippen LogP) is 0.853. The van der Waals surface area contributed by atoms with E-state index in [1.165, 1.54) is 0 Å². The normalized spacial score (nSPS) is 9.30. The summed E-state index contributed by atoms with van der Waals surface area (Å²) in [6.45, 7) is 1.72. The number of esters is 1. The van der Waals surface area contributed by atoms with Gasteiger partial charge in [-0.2, -0.15) is 0 Å². The van der Waals surface area contributed by atoms with Crippen molar-refractivity contribution in [3.8, 4) is 5.88 Å². The number of carbonyl (C=O) groups excluding carboxylic acids is 1. The topological polar surface area (TPSA) is 52.1 Å². The summed E-state index contributed by atoms with van der Waals surface area (Å²) in [5.74, 6) is 0.00421. The molecule has 0 amide bonds. The van der Waals surface area contributed by atoms with Crippen molar-refractivity contribution in [3.63, 3.8) is 0 Å². The Morgan fingerprint density at radius 1 is 1.90 bits per heavy atom. The molecule has 1 aromatic heterocycles. The van der Waals surface area contributed by atoms with Crippen LogP contribution < -0.4 is 4.74 Å². The lowest BCUT2D eigenvalue weighted by atomic mass is 10.5. The van der Waals surface area contributed by atoms with E-state index in [4.69, 9.17) is 4.74 Å². The average Bonchev–Trinajstić information content (AvgIpc) is 2.40. The highest BCUT2D eigenvalue weighted by Gasteiger charge is 2.02. The lowest BCUT2D eigenvalue weighted by Crippen LogP contribution is -2.05. The Labute approximate surface area is 62.0 Å². The molecule has 0 aliphatic carbocycles. The van der Waals surface area contributed by atoms with Gasteiger partial charge in [-0.1, -0.05) is 16.5 Å². The number of carbonyl (C=O) groups is 1. The highest BCUT2D eigenvalue weighted by atomic mass is 32.1. The zero-order valence-electron chi connectivity index (χ0n) is 5.40. The second kappa shape index (κ2) is 3.26. The summed E-state index contributed by atoms with van der Waals surface area (Å²) >= 11 is 1.15. The molecule has 4 nitrogen and oxygen atoms in total. The summed E-state index contributed by atoms with van der Waals surface area (Å²) in [5.41, 5.74) is 0. The van der Waals surface area contributed by atoms with Crippen LogP contribution in [0.25, 0.3) is 0 Å². The van der Waals surface area contributed by atoms with Crippen molar-refractivity contribution in [3.05, 3.63) is 5.38 Å². The Kier molecular flexibility index (Phi) is 2.33. The van der Waals surface area contributed by atoms with Crippen LogP contribution in [-0.2, 0) is 4.79 Å². The lowest BCUT2D eigenvalue weighted by molar-refractivity contribution is -0.134. The summed E-state index contributed by atoms with van der Waals surface area (Å²) in [6.07, 6.45) is 0.359. The Morgan fingerprint density at radius 3 is 3.20 bits per heavy atom. The number of hydrogen-bond donors (Lipinski definition) is 0. The van der Waals surface area contributed by atoms with Crippen LogP contribution in [0.1, 0.15) is 13.3 Å². The van der Waals surface area contributed by atoms with Gasteiger partial charge in [0.05, 0.1) is 5.38 Å². The maximum atomic E-state index is 10.6. The van der Waals surface area contributed by atoms with Gasteiger partial charge in [-0.25, -0.2) is 0 Å². The van der Waals surface area contributed by atoms with Crippen LogP contribution >= 0.6 is 11.5 Å². The van der Waals surface area contributed by atoms with E-state index in [0.29, 0.717) is 6.42 Å². The molecule has 0 fully saturated rings. The van der Waals surface area contributed by atoms with Gasteiger partial charge >= 0.3 is 5.97 Å². The Balaban J connectivity index is 2.48. The van der Waals surface area contributed by atoms with Crippen LogP contribution in [0.5, 0.6) is 5.88 Å². The minimum Gasteiger partial charge on any atom is -0.405 e. The molecule has 5 heteroatoms. The Hall–Kier alpha value is -0.970. The molecule has 0 N–H and O–H groups in total. The summed E-state index contributed by atoms with van der Waals surface area (Å²) in [6, 6.07) is 0. The summed E-state index contributed by atoms with van der Waals surface area (Å²) in [5, 5.41) is 5.11. The smallest absolute Gasteiger partial charge is 0.312 e. The van der Waals surface area contributed by atoms with E-state index in [0.717, 1.165) is 11.5 Å². The molecular weight excluding hydrogens is 152 g/mol. The molecule has 10 heavy (non-hydrogen) atoms. The molecule has 1 rings (SSSR count). The molecule has 54 valence electrons. The third-order valence-corrected chi connectivity index (χ3v) is 1.33. The zero-order valence-corrected chi connectivity index (χ0v) is 6.22. The van der Waals surface area contributed by atoms with Crippen LogP contribution in [0.3, 0.4) is 0 Å². The monoisotopic (exact) mass is 158 g/mol. The quantitative estimate of drug-likeness (QED) is 0.599. The van der Waals surface area contributed by atoms with E-state index in [9.17, 15) is 4.79 Å². The summed E-state index contributed by atoms with van der Waals surface area (Å²) in [7, 11) is 0. The first-order valence-electron chi connectivity index (χ1n) is 2.80. The van der Waals surface area contributed by atoms with Crippen molar-refractivity contribution in [2.45, 2.75) is 13.3 Å². The summed E-state index contributed by atoms with van der Waals surface area (Å²) < 4.78 is 8.23. The molecule has 0 atom stereocenters. The van der Waals surface area contributed by atoms with Gasteiger partial charge in [-0.15, -0.1) is 0 Å². The molecule has 0 radical (unpaired) electrons. The second-order valence-electron chi connectivity index (χ2n) is 1.57. The number of ether oxygens (including phenoxy) is 1. The molecule has 0 aromatic carbocycles. The van der Waals surface area contributed by atoms with E-state index < -0.39 is 0 Å². The van der Waals surface area contributed by atoms with Crippen LogP contribution in [-0.4, -0.2) is 15.6 Å². The highest BCUT2D eigenvalue weighted by Crippen LogP contribution is 2.06. The molecular formula is C5H6N2O2S. The second-order valence-corrected chi connectivity index (χ2v) is 2.18. The number of aromatic nitrogens is 2. The Bertz CT molecular complexity index is 209. The van der Waals surface area contributed by atoms with Gasteiger partial charge in [0.1, 0.15) is 0 Å². The zero-order chi connectivity index (χ0) is 7.40. The fourth-order valence-corrected chi connectivity index (χ4v) is 0.749. The van der Waals surface area contributed by atoms with Crippen molar-refractivity contribution < 1.29 is 9.53 Å². The van der Waals surface area contributed by atoms with Gasteiger partial charge in [0, 0.05) is 6.42 Å². The minimum atomic E-state index is -0.285. The fourth-order valence-electron chi connectivity index (χ4n) is 0.389. The van der Waals surface area contributed by atoms with Gasteiger partial charge in [-0.3, -0.25) is 4.79 Å². The van der Waals surface area contributed by atoms with E-state index >= 15 is 0 Å². The van der Waals surface area contributed by atoms with Crippen molar-refractivity contribution in [1.82, 2.24) is 9.59 Å². The molecule has 0 bridgehead atoms. The average molecular weight is 158 g/mol. The molecule has 0 unspecified atom stereocenters. The van der Waals surface area contributed by atoms with Crippen LogP contribution in [0.2, 0.25) is 0 Å². The Morgan fingerprint density at radius 2 is 2.70 bits per heavy atom. The van der Waals surface area contributed by atoms with Crippen molar-refractivity contribution >= 4 is 17.5 Å². The van der Waals surface area contributed by atoms with Gasteiger partial charge in [0.25, 0.3) is 5.88 Å². The first-order chi connectivity index (χ1) is 4.83. The third kappa shape index (κ3) is 1.77. The van der Waals surface area contributed by atoms with E-state index in [-0.39, 0.29) is 11.8 Å². The van der Waals surface area contributed by atoms with E-state index in [2.05, 4.69) is 9.59 Å². The molecule has 0 aliphatic rings. The lowest BCUT2D eigenvalue weighted by Gasteiger charge is -1.93. The van der Waals surface area contributed by atoms with E-state index in [1.54, 1.807) is 12.3 Å². The van der Waals surface area contributed by atoms with Gasteiger partial charge in [0.2, 0.25) is 0 Å². The number of nitrogens with zero attached hydrogens (tertiary/aromatic N) is 2. The molecule has 0 aliphatic heterocycles. The largest absolute Gasteiger partial charge is 0.405 e. The van der Waals surface area contributed by atoms with Gasteiger partial charge < -0.3 is 4.74 Å². The van der Waals surface area contributed by atoms with Gasteiger partial charge in [0.15, 0.2) is 0 Å². The molecule has 1 heterocycles. The maximum Gasteiger partial charge on any atom is 0.312 e. The van der Waals surface area contributed by atoms with Crippen LogP contribution in [0, 0.1) is 0 Å². The van der Waals surface area contributed by atoms with Crippen LogP contribution in [0.15, 0.2) is 5.38 Å². The molecule has 1 aromatic rings. The standard InChI is InChI=1S/C5H6N2O2S/c1-2-5(8)9-4-3-10-7-6-4/h3H,2H2,1H3. The first-order valence-corrected chi connectivity index (χ1v) is 3.64. The molecule has 0 spiro atoms. The third-order valence-electron chi connectivity index (χ3n) is 0.847. The predicted molar refractivity (Wildman–Crippen MR) is 35.8 cm³/mol. The van der Waals surface area contributed by atoms with Crippen molar-refractivity contribution in [1.29, 1.82) is 0 Å². The first kappa shape index (κ1) is 7.14. The number of hydrogen-bond acceptors (Lipinski definition) is 5. The van der Waals surface area contributed by atoms with E-state index in [1.807, 2.05) is 0 Å². The van der Waals surface area contributed by atoms with Crippen molar-refractivity contribution in [2.24, 2.45) is 0 Å². The van der Waals surface area contributed by atoms with Crippen molar-refractivity contribution in [2.75, 3.05) is 0 Å². The van der Waals surface area contributed by atoms with Crippen LogP contribution in [0.4, 0.5) is 0 Å². The minimum absolute atomic E-state index is 0.285. The SMILES string of the molecule is CCC(=O)Oc1csnn1. The fraction of sp³-hybridized carbons (Fsp3) is 0.400. The molecule has 0 saturated heterocycles.